The second-order valence-electron chi connectivity index (χ2n) is 6.40. The Kier molecular flexibility index (Phi) is 5.09. The fraction of sp³-hybridized carbons (Fsp3) is 0.250. The molecule has 1 fully saturated rings. The van der Waals surface area contributed by atoms with Gasteiger partial charge in [-0.3, -0.25) is 0 Å². The van der Waals surface area contributed by atoms with Crippen LogP contribution >= 0.6 is 0 Å². The number of piperazine rings is 1. The Bertz CT molecular complexity index is 880. The molecule has 0 amide bonds. The fourth-order valence-electron chi connectivity index (χ4n) is 3.14. The minimum atomic E-state index is -0.232. The molecule has 138 valence electrons. The molecular weight excluding hydrogens is 343 g/mol. The SMILES string of the molecule is Fc1ccccc1CNc1cnnc(N2CCN(c3ccccc3)CC2)n1. The van der Waals surface area contributed by atoms with Crippen LogP contribution in [-0.4, -0.2) is 41.4 Å². The van der Waals surface area contributed by atoms with Gasteiger partial charge in [-0.05, 0) is 18.2 Å². The van der Waals surface area contributed by atoms with E-state index in [0.717, 1.165) is 26.2 Å². The van der Waals surface area contributed by atoms with Crippen LogP contribution in [-0.2, 0) is 6.54 Å². The van der Waals surface area contributed by atoms with Gasteiger partial charge in [0.15, 0.2) is 5.82 Å². The standard InChI is InChI=1S/C20H21FN6/c21-18-9-5-4-6-16(18)14-22-19-15-23-25-20(24-19)27-12-10-26(11-13-27)17-7-2-1-3-8-17/h1-9,15H,10-14H2,(H,22,24,25). The topological polar surface area (TPSA) is 57.2 Å². The first-order valence-electron chi connectivity index (χ1n) is 9.01. The van der Waals surface area contributed by atoms with Gasteiger partial charge in [-0.25, -0.2) is 4.39 Å². The lowest BCUT2D eigenvalue weighted by molar-refractivity contribution is 0.612. The second kappa shape index (κ2) is 7.99. The van der Waals surface area contributed by atoms with E-state index in [-0.39, 0.29) is 5.82 Å². The lowest BCUT2D eigenvalue weighted by atomic mass is 10.2. The molecule has 6 nitrogen and oxygen atoms in total. The fourth-order valence-corrected chi connectivity index (χ4v) is 3.14. The van der Waals surface area contributed by atoms with E-state index in [1.54, 1.807) is 18.3 Å². The maximum absolute atomic E-state index is 13.7. The van der Waals surface area contributed by atoms with E-state index in [0.29, 0.717) is 23.9 Å². The molecule has 0 bridgehead atoms. The normalized spacial score (nSPS) is 14.3. The number of nitrogens with one attached hydrogen (secondary N) is 1. The van der Waals surface area contributed by atoms with Crippen LogP contribution in [0.2, 0.25) is 0 Å². The van der Waals surface area contributed by atoms with E-state index < -0.39 is 0 Å². The van der Waals surface area contributed by atoms with Crippen LogP contribution in [0, 0.1) is 5.82 Å². The molecule has 0 saturated carbocycles. The second-order valence-corrected chi connectivity index (χ2v) is 6.40. The molecule has 27 heavy (non-hydrogen) atoms. The van der Waals surface area contributed by atoms with E-state index >= 15 is 0 Å². The van der Waals surface area contributed by atoms with Crippen LogP contribution in [0.1, 0.15) is 5.56 Å². The average Bonchev–Trinajstić information content (AvgIpc) is 2.74. The Labute approximate surface area is 157 Å². The zero-order valence-electron chi connectivity index (χ0n) is 14.9. The molecule has 2 aromatic carbocycles. The monoisotopic (exact) mass is 364 g/mol. The summed E-state index contributed by atoms with van der Waals surface area (Å²) in [6.45, 7) is 3.81. The van der Waals surface area contributed by atoms with Gasteiger partial charge in [0.1, 0.15) is 5.82 Å². The Hall–Kier alpha value is -3.22. The largest absolute Gasteiger partial charge is 0.368 e. The number of halogens is 1. The van der Waals surface area contributed by atoms with E-state index in [1.165, 1.54) is 11.8 Å². The van der Waals surface area contributed by atoms with Crippen molar-refractivity contribution < 1.29 is 4.39 Å². The van der Waals surface area contributed by atoms with Crippen molar-refractivity contribution in [3.63, 3.8) is 0 Å². The molecule has 1 saturated heterocycles. The Morgan fingerprint density at radius 1 is 0.889 bits per heavy atom. The van der Waals surface area contributed by atoms with E-state index in [2.05, 4.69) is 54.6 Å². The minimum absolute atomic E-state index is 0.232. The van der Waals surface area contributed by atoms with Gasteiger partial charge in [-0.1, -0.05) is 36.4 Å². The smallest absolute Gasteiger partial charge is 0.247 e. The molecule has 0 radical (unpaired) electrons. The number of benzene rings is 2. The van der Waals surface area contributed by atoms with Crippen molar-refractivity contribution in [2.45, 2.75) is 6.54 Å². The number of rotatable bonds is 5. The Morgan fingerprint density at radius 3 is 2.37 bits per heavy atom. The predicted octanol–water partition coefficient (Wildman–Crippen LogP) is 2.95. The summed E-state index contributed by atoms with van der Waals surface area (Å²) >= 11 is 0. The van der Waals surface area contributed by atoms with Crippen molar-refractivity contribution in [2.75, 3.05) is 41.3 Å². The van der Waals surface area contributed by atoms with Crippen molar-refractivity contribution in [3.05, 3.63) is 72.2 Å². The minimum Gasteiger partial charge on any atom is -0.368 e. The van der Waals surface area contributed by atoms with Crippen molar-refractivity contribution >= 4 is 17.5 Å². The van der Waals surface area contributed by atoms with Crippen LogP contribution in [0.4, 0.5) is 21.8 Å². The molecule has 4 rings (SSSR count). The van der Waals surface area contributed by atoms with Crippen LogP contribution in [0.15, 0.2) is 60.8 Å². The summed E-state index contributed by atoms with van der Waals surface area (Å²) in [4.78, 5) is 9.02. The van der Waals surface area contributed by atoms with Crippen molar-refractivity contribution in [3.8, 4) is 0 Å². The summed E-state index contributed by atoms with van der Waals surface area (Å²) in [7, 11) is 0. The number of nitrogens with zero attached hydrogens (tertiary/aromatic N) is 5. The molecule has 1 aromatic heterocycles. The van der Waals surface area contributed by atoms with Gasteiger partial charge >= 0.3 is 0 Å². The van der Waals surface area contributed by atoms with E-state index in [4.69, 9.17) is 0 Å². The van der Waals surface area contributed by atoms with Gasteiger partial charge in [0.05, 0.1) is 6.20 Å². The van der Waals surface area contributed by atoms with Gasteiger partial charge < -0.3 is 15.1 Å². The molecule has 0 atom stereocenters. The summed E-state index contributed by atoms with van der Waals surface area (Å²) < 4.78 is 13.7. The van der Waals surface area contributed by atoms with Crippen LogP contribution in [0.5, 0.6) is 0 Å². The lowest BCUT2D eigenvalue weighted by Crippen LogP contribution is -2.47. The van der Waals surface area contributed by atoms with Crippen molar-refractivity contribution in [2.24, 2.45) is 0 Å². The summed E-state index contributed by atoms with van der Waals surface area (Å²) in [5, 5.41) is 11.3. The zero-order chi connectivity index (χ0) is 18.5. The van der Waals surface area contributed by atoms with E-state index in [9.17, 15) is 4.39 Å². The van der Waals surface area contributed by atoms with Crippen LogP contribution in [0.3, 0.4) is 0 Å². The lowest BCUT2D eigenvalue weighted by Gasteiger charge is -2.35. The van der Waals surface area contributed by atoms with Gasteiger partial charge in [0.2, 0.25) is 5.95 Å². The summed E-state index contributed by atoms with van der Waals surface area (Å²) in [5.41, 5.74) is 1.82. The average molecular weight is 364 g/mol. The van der Waals surface area contributed by atoms with Gasteiger partial charge in [0, 0.05) is 44.0 Å². The number of aromatic nitrogens is 3. The Balaban J connectivity index is 1.37. The molecule has 0 spiro atoms. The maximum atomic E-state index is 13.7. The zero-order valence-corrected chi connectivity index (χ0v) is 14.9. The molecule has 0 unspecified atom stereocenters. The third-order valence-corrected chi connectivity index (χ3v) is 4.65. The molecule has 7 heteroatoms. The molecule has 2 heterocycles. The number of anilines is 3. The summed E-state index contributed by atoms with van der Waals surface area (Å²) in [6.07, 6.45) is 1.56. The van der Waals surface area contributed by atoms with Gasteiger partial charge in [-0.2, -0.15) is 10.1 Å². The quantitative estimate of drug-likeness (QED) is 0.751. The highest BCUT2D eigenvalue weighted by atomic mass is 19.1. The van der Waals surface area contributed by atoms with Crippen LogP contribution < -0.4 is 15.1 Å². The molecule has 1 N–H and O–H groups in total. The molecule has 1 aliphatic rings. The highest BCUT2D eigenvalue weighted by Gasteiger charge is 2.19. The number of para-hydroxylation sites is 1. The third-order valence-electron chi connectivity index (χ3n) is 4.65. The highest BCUT2D eigenvalue weighted by Crippen LogP contribution is 2.18. The summed E-state index contributed by atoms with van der Waals surface area (Å²) in [6, 6.07) is 17.1. The molecular formula is C20H21FN6. The van der Waals surface area contributed by atoms with Crippen molar-refractivity contribution in [1.29, 1.82) is 0 Å². The number of hydrogen-bond acceptors (Lipinski definition) is 6. The molecule has 3 aromatic rings. The Morgan fingerprint density at radius 2 is 1.59 bits per heavy atom. The third kappa shape index (κ3) is 4.13. The molecule has 0 aliphatic carbocycles. The number of hydrogen-bond donors (Lipinski definition) is 1. The highest BCUT2D eigenvalue weighted by molar-refractivity contribution is 5.48. The molecule has 1 aliphatic heterocycles. The van der Waals surface area contributed by atoms with Gasteiger partial charge in [-0.15, -0.1) is 5.10 Å². The van der Waals surface area contributed by atoms with Gasteiger partial charge in [0.25, 0.3) is 0 Å². The predicted molar refractivity (Wildman–Crippen MR) is 104 cm³/mol. The first kappa shape index (κ1) is 17.2. The first-order valence-corrected chi connectivity index (χ1v) is 9.01. The maximum Gasteiger partial charge on any atom is 0.247 e. The van der Waals surface area contributed by atoms with Crippen molar-refractivity contribution in [1.82, 2.24) is 15.2 Å². The first-order chi connectivity index (χ1) is 13.3. The van der Waals surface area contributed by atoms with Crippen LogP contribution in [0.25, 0.3) is 0 Å². The summed E-state index contributed by atoms with van der Waals surface area (Å²) in [5.74, 6) is 0.958. The van der Waals surface area contributed by atoms with E-state index in [1.807, 2.05) is 12.1 Å².